The van der Waals surface area contributed by atoms with E-state index in [1.165, 1.54) is 0 Å². The minimum atomic E-state index is -3.08. The van der Waals surface area contributed by atoms with E-state index in [4.69, 9.17) is 0 Å². The third kappa shape index (κ3) is 6.48. The molecule has 0 aliphatic carbocycles. The molecule has 0 aliphatic heterocycles. The molecule has 2 aromatic carbocycles. The second-order valence-corrected chi connectivity index (χ2v) is 10.6. The number of amides is 1. The number of hydrogen-bond donors (Lipinski definition) is 1. The fourth-order valence-corrected chi connectivity index (χ4v) is 3.96. The van der Waals surface area contributed by atoms with Crippen molar-refractivity contribution in [1.82, 2.24) is 5.32 Å². The first-order chi connectivity index (χ1) is 13.1. The first-order valence-electron chi connectivity index (χ1n) is 9.77. The molecule has 0 fully saturated rings. The molecule has 0 saturated heterocycles. The van der Waals surface area contributed by atoms with E-state index in [0.717, 1.165) is 35.1 Å². The van der Waals surface area contributed by atoms with Crippen molar-refractivity contribution >= 4 is 15.7 Å². The number of carbonyl (C=O) groups is 1. The highest BCUT2D eigenvalue weighted by Crippen LogP contribution is 2.16. The van der Waals surface area contributed by atoms with Gasteiger partial charge in [-0.2, -0.15) is 0 Å². The smallest absolute Gasteiger partial charge is 0.251 e. The highest BCUT2D eigenvalue weighted by atomic mass is 32.2. The number of rotatable bonds is 8. The van der Waals surface area contributed by atoms with Gasteiger partial charge in [-0.05, 0) is 76.3 Å². The largest absolute Gasteiger partial charge is 0.350 e. The number of benzene rings is 2. The van der Waals surface area contributed by atoms with Gasteiger partial charge in [-0.3, -0.25) is 4.79 Å². The maximum atomic E-state index is 12.3. The van der Waals surface area contributed by atoms with Crippen LogP contribution in [0.1, 0.15) is 60.3 Å². The van der Waals surface area contributed by atoms with Gasteiger partial charge in [0.05, 0.1) is 11.0 Å². The Kier molecular flexibility index (Phi) is 7.41. The van der Waals surface area contributed by atoms with Crippen LogP contribution in [-0.2, 0) is 28.4 Å². The summed E-state index contributed by atoms with van der Waals surface area (Å²) in [5, 5.41) is 2.57. The second kappa shape index (κ2) is 9.37. The van der Waals surface area contributed by atoms with Crippen molar-refractivity contribution in [2.45, 2.75) is 64.5 Å². The van der Waals surface area contributed by atoms with E-state index in [1.54, 1.807) is 13.8 Å². The minimum Gasteiger partial charge on any atom is -0.350 e. The summed E-state index contributed by atoms with van der Waals surface area (Å²) in [6.45, 7) is 9.32. The predicted molar refractivity (Wildman–Crippen MR) is 115 cm³/mol. The molecule has 0 saturated carbocycles. The van der Waals surface area contributed by atoms with Gasteiger partial charge >= 0.3 is 0 Å². The molecule has 0 heterocycles. The number of nitrogens with one attached hydrogen (secondary N) is 1. The quantitative estimate of drug-likeness (QED) is 0.719. The molecule has 1 amide bonds. The van der Waals surface area contributed by atoms with Gasteiger partial charge in [-0.1, -0.05) is 35.9 Å². The summed E-state index contributed by atoms with van der Waals surface area (Å²) in [6.07, 6.45) is 1.67. The summed E-state index contributed by atoms with van der Waals surface area (Å²) in [6, 6.07) is 13.9. The minimum absolute atomic E-state index is 0.0457. The van der Waals surface area contributed by atoms with Gasteiger partial charge in [-0.15, -0.1) is 0 Å². The maximum Gasteiger partial charge on any atom is 0.251 e. The fourth-order valence-electron chi connectivity index (χ4n) is 2.97. The van der Waals surface area contributed by atoms with Crippen molar-refractivity contribution in [3.05, 3.63) is 70.3 Å². The van der Waals surface area contributed by atoms with E-state index in [1.807, 2.05) is 57.2 Å². The van der Waals surface area contributed by atoms with Crippen molar-refractivity contribution in [2.75, 3.05) is 0 Å². The van der Waals surface area contributed by atoms with Crippen LogP contribution in [0.3, 0.4) is 0 Å². The third-order valence-electron chi connectivity index (χ3n) is 4.63. The molecule has 4 nitrogen and oxygen atoms in total. The van der Waals surface area contributed by atoms with Gasteiger partial charge in [0.1, 0.15) is 0 Å². The molecule has 0 atom stereocenters. The molecule has 5 heteroatoms. The summed E-state index contributed by atoms with van der Waals surface area (Å²) >= 11 is 0. The SMILES string of the molecule is Cc1cc(CCc2ccc(CS(=O)(=O)C(C)C)cc2)cc(C(=O)NC(C)C)c1. The van der Waals surface area contributed by atoms with Crippen molar-refractivity contribution < 1.29 is 13.2 Å². The number of hydrogen-bond acceptors (Lipinski definition) is 3. The van der Waals surface area contributed by atoms with Gasteiger partial charge in [0.2, 0.25) is 0 Å². The molecule has 0 unspecified atom stereocenters. The van der Waals surface area contributed by atoms with E-state index in [-0.39, 0.29) is 23.0 Å². The molecular formula is C23H31NO3S. The van der Waals surface area contributed by atoms with Gasteiger partial charge in [0.25, 0.3) is 5.91 Å². The standard InChI is InChI=1S/C23H31NO3S/c1-16(2)24-23(25)22-13-18(5)12-21(14-22)11-8-19-6-9-20(10-7-19)15-28(26,27)17(3)4/h6-7,9-10,12-14,16-17H,8,11,15H2,1-5H3,(H,24,25). The Hall–Kier alpha value is -2.14. The Morgan fingerprint density at radius 1 is 0.893 bits per heavy atom. The van der Waals surface area contributed by atoms with E-state index in [2.05, 4.69) is 11.4 Å². The summed E-state index contributed by atoms with van der Waals surface area (Å²) in [7, 11) is -3.08. The van der Waals surface area contributed by atoms with Crippen LogP contribution in [0.2, 0.25) is 0 Å². The molecule has 2 aromatic rings. The molecule has 2 rings (SSSR count). The lowest BCUT2D eigenvalue weighted by atomic mass is 9.99. The molecular weight excluding hydrogens is 370 g/mol. The van der Waals surface area contributed by atoms with Crippen molar-refractivity contribution in [1.29, 1.82) is 0 Å². The monoisotopic (exact) mass is 401 g/mol. The molecule has 0 aromatic heterocycles. The van der Waals surface area contributed by atoms with Crippen LogP contribution in [-0.4, -0.2) is 25.6 Å². The lowest BCUT2D eigenvalue weighted by Crippen LogP contribution is -2.30. The Bertz CT molecular complexity index is 913. The zero-order valence-corrected chi connectivity index (χ0v) is 18.3. The van der Waals surface area contributed by atoms with E-state index in [9.17, 15) is 13.2 Å². The number of carbonyl (C=O) groups excluding carboxylic acids is 1. The Morgan fingerprint density at radius 2 is 1.46 bits per heavy atom. The first kappa shape index (κ1) is 22.2. The summed E-state index contributed by atoms with van der Waals surface area (Å²) < 4.78 is 24.1. The Labute approximate surface area is 169 Å². The molecule has 28 heavy (non-hydrogen) atoms. The molecule has 0 aliphatic rings. The maximum absolute atomic E-state index is 12.3. The predicted octanol–water partition coefficient (Wildman–Crippen LogP) is 4.24. The van der Waals surface area contributed by atoms with Gasteiger partial charge in [0.15, 0.2) is 9.84 Å². The van der Waals surface area contributed by atoms with Crippen LogP contribution in [0.4, 0.5) is 0 Å². The van der Waals surface area contributed by atoms with Gasteiger partial charge < -0.3 is 5.32 Å². The molecule has 0 radical (unpaired) electrons. The summed E-state index contributed by atoms with van der Waals surface area (Å²) in [4.78, 5) is 12.3. The van der Waals surface area contributed by atoms with E-state index in [0.29, 0.717) is 5.56 Å². The molecule has 152 valence electrons. The van der Waals surface area contributed by atoms with Crippen LogP contribution >= 0.6 is 0 Å². The van der Waals surface area contributed by atoms with Crippen LogP contribution in [0.5, 0.6) is 0 Å². The van der Waals surface area contributed by atoms with Gasteiger partial charge in [0, 0.05) is 11.6 Å². The summed E-state index contributed by atoms with van der Waals surface area (Å²) in [5.41, 5.74) is 4.86. The van der Waals surface area contributed by atoms with Crippen LogP contribution in [0.15, 0.2) is 42.5 Å². The average Bonchev–Trinajstić information content (AvgIpc) is 2.59. The second-order valence-electron chi connectivity index (χ2n) is 8.01. The topological polar surface area (TPSA) is 63.2 Å². The van der Waals surface area contributed by atoms with Crippen molar-refractivity contribution in [2.24, 2.45) is 0 Å². The number of sulfone groups is 1. The van der Waals surface area contributed by atoms with Crippen LogP contribution < -0.4 is 5.32 Å². The number of aryl methyl sites for hydroxylation is 3. The lowest BCUT2D eigenvalue weighted by molar-refractivity contribution is 0.0943. The zero-order valence-electron chi connectivity index (χ0n) is 17.5. The van der Waals surface area contributed by atoms with Crippen LogP contribution in [0.25, 0.3) is 0 Å². The van der Waals surface area contributed by atoms with Crippen molar-refractivity contribution in [3.8, 4) is 0 Å². The molecule has 1 N–H and O–H groups in total. The summed E-state index contributed by atoms with van der Waals surface area (Å²) in [5.74, 6) is 0.0348. The highest BCUT2D eigenvalue weighted by molar-refractivity contribution is 7.91. The van der Waals surface area contributed by atoms with E-state index < -0.39 is 9.84 Å². The van der Waals surface area contributed by atoms with Crippen molar-refractivity contribution in [3.63, 3.8) is 0 Å². The molecule has 0 spiro atoms. The Morgan fingerprint density at radius 3 is 2.04 bits per heavy atom. The third-order valence-corrected chi connectivity index (χ3v) is 6.80. The zero-order chi connectivity index (χ0) is 20.9. The van der Waals surface area contributed by atoms with Gasteiger partial charge in [-0.25, -0.2) is 8.42 Å². The first-order valence-corrected chi connectivity index (χ1v) is 11.5. The average molecular weight is 402 g/mol. The fraction of sp³-hybridized carbons (Fsp3) is 0.435. The Balaban J connectivity index is 2.04. The highest BCUT2D eigenvalue weighted by Gasteiger charge is 2.16. The lowest BCUT2D eigenvalue weighted by Gasteiger charge is -2.11. The molecule has 0 bridgehead atoms. The van der Waals surface area contributed by atoms with Crippen LogP contribution in [0, 0.1) is 6.92 Å². The van der Waals surface area contributed by atoms with E-state index >= 15 is 0 Å². The normalized spacial score (nSPS) is 11.8.